The van der Waals surface area contributed by atoms with E-state index in [2.05, 4.69) is 4.90 Å². The summed E-state index contributed by atoms with van der Waals surface area (Å²) in [6.45, 7) is 1.99. The van der Waals surface area contributed by atoms with Gasteiger partial charge in [-0.15, -0.1) is 11.8 Å². The fraction of sp³-hybridized carbons (Fsp3) is 0.273. The molecule has 7 heteroatoms. The molecule has 150 valence electrons. The van der Waals surface area contributed by atoms with Crippen LogP contribution < -0.4 is 9.80 Å². The molecule has 2 aliphatic rings. The summed E-state index contributed by atoms with van der Waals surface area (Å²) in [5, 5.41) is 9.77. The standard InChI is InChI=1S/C22H21ClN2O3S/c23-16-5-3-15(4-6-16)19-20(29-14-13-26)22(28)25(21(19)27)18-9-7-17(8-10-18)24-11-1-2-12-24/h3-10,26H,1-2,11-14H2. The highest BCUT2D eigenvalue weighted by Gasteiger charge is 2.40. The van der Waals surface area contributed by atoms with Crippen LogP contribution in [-0.4, -0.2) is 42.4 Å². The summed E-state index contributed by atoms with van der Waals surface area (Å²) in [6, 6.07) is 14.4. The molecule has 29 heavy (non-hydrogen) atoms. The Balaban J connectivity index is 1.66. The van der Waals surface area contributed by atoms with Crippen LogP contribution in [0.15, 0.2) is 53.4 Å². The number of anilines is 2. The van der Waals surface area contributed by atoms with Crippen molar-refractivity contribution in [3.63, 3.8) is 0 Å². The van der Waals surface area contributed by atoms with Crippen molar-refractivity contribution in [1.82, 2.24) is 0 Å². The molecule has 2 aliphatic heterocycles. The van der Waals surface area contributed by atoms with Crippen molar-refractivity contribution >= 4 is 52.1 Å². The van der Waals surface area contributed by atoms with E-state index in [9.17, 15) is 14.7 Å². The van der Waals surface area contributed by atoms with E-state index in [1.54, 1.807) is 24.3 Å². The van der Waals surface area contributed by atoms with Crippen LogP contribution in [0.5, 0.6) is 0 Å². The first-order chi connectivity index (χ1) is 14.1. The Morgan fingerprint density at radius 1 is 0.897 bits per heavy atom. The van der Waals surface area contributed by atoms with Crippen molar-refractivity contribution < 1.29 is 14.7 Å². The van der Waals surface area contributed by atoms with E-state index in [0.717, 1.165) is 18.8 Å². The summed E-state index contributed by atoms with van der Waals surface area (Å²) >= 11 is 7.18. The molecule has 1 N–H and O–H groups in total. The number of rotatable bonds is 6. The Morgan fingerprint density at radius 3 is 2.14 bits per heavy atom. The summed E-state index contributed by atoms with van der Waals surface area (Å²) in [4.78, 5) is 30.2. The second kappa shape index (κ2) is 8.61. The minimum Gasteiger partial charge on any atom is -0.396 e. The van der Waals surface area contributed by atoms with Crippen LogP contribution in [0.2, 0.25) is 5.02 Å². The predicted octanol–water partition coefficient (Wildman–Crippen LogP) is 3.95. The van der Waals surface area contributed by atoms with Gasteiger partial charge in [0, 0.05) is 29.6 Å². The van der Waals surface area contributed by atoms with E-state index in [1.807, 2.05) is 24.3 Å². The molecule has 2 aromatic carbocycles. The highest BCUT2D eigenvalue weighted by molar-refractivity contribution is 8.04. The van der Waals surface area contributed by atoms with Crippen LogP contribution in [0.4, 0.5) is 11.4 Å². The molecule has 1 fully saturated rings. The molecule has 2 heterocycles. The van der Waals surface area contributed by atoms with Gasteiger partial charge in [0.15, 0.2) is 0 Å². The second-order valence-corrected chi connectivity index (χ2v) is 8.48. The summed E-state index contributed by atoms with van der Waals surface area (Å²) in [5.41, 5.74) is 2.65. The van der Waals surface area contributed by atoms with Gasteiger partial charge in [-0.05, 0) is 54.8 Å². The van der Waals surface area contributed by atoms with Gasteiger partial charge in [-0.2, -0.15) is 0 Å². The first-order valence-corrected chi connectivity index (χ1v) is 10.9. The van der Waals surface area contributed by atoms with Gasteiger partial charge in [-0.3, -0.25) is 9.59 Å². The molecular weight excluding hydrogens is 408 g/mol. The fourth-order valence-electron chi connectivity index (χ4n) is 3.68. The van der Waals surface area contributed by atoms with Crippen LogP contribution >= 0.6 is 23.4 Å². The number of aliphatic hydroxyl groups is 1. The molecule has 0 spiro atoms. The van der Waals surface area contributed by atoms with Gasteiger partial charge in [0.05, 0.1) is 22.8 Å². The van der Waals surface area contributed by atoms with E-state index in [1.165, 1.54) is 29.5 Å². The summed E-state index contributed by atoms with van der Waals surface area (Å²) < 4.78 is 0. The first kappa shape index (κ1) is 20.0. The van der Waals surface area contributed by atoms with Crippen molar-refractivity contribution in [3.05, 3.63) is 64.0 Å². The maximum Gasteiger partial charge on any atom is 0.272 e. The minimum absolute atomic E-state index is 0.0753. The Hall–Kier alpha value is -2.28. The lowest BCUT2D eigenvalue weighted by Crippen LogP contribution is -2.31. The highest BCUT2D eigenvalue weighted by atomic mass is 35.5. The van der Waals surface area contributed by atoms with Crippen LogP contribution in [0, 0.1) is 0 Å². The topological polar surface area (TPSA) is 60.9 Å². The monoisotopic (exact) mass is 428 g/mol. The molecule has 0 atom stereocenters. The molecule has 5 nitrogen and oxygen atoms in total. The Morgan fingerprint density at radius 2 is 1.52 bits per heavy atom. The number of halogens is 1. The number of carbonyl (C=O) groups excluding carboxylic acids is 2. The third-order valence-corrected chi connectivity index (χ3v) is 6.40. The lowest BCUT2D eigenvalue weighted by molar-refractivity contribution is -0.119. The number of imide groups is 1. The van der Waals surface area contributed by atoms with Crippen molar-refractivity contribution in [2.75, 3.05) is 35.2 Å². The van der Waals surface area contributed by atoms with Gasteiger partial charge >= 0.3 is 0 Å². The van der Waals surface area contributed by atoms with Gasteiger partial charge in [-0.25, -0.2) is 4.90 Å². The van der Waals surface area contributed by atoms with Crippen molar-refractivity contribution in [3.8, 4) is 0 Å². The lowest BCUT2D eigenvalue weighted by Gasteiger charge is -2.20. The van der Waals surface area contributed by atoms with Crippen molar-refractivity contribution in [2.24, 2.45) is 0 Å². The number of aliphatic hydroxyl groups excluding tert-OH is 1. The predicted molar refractivity (Wildman–Crippen MR) is 118 cm³/mol. The average molecular weight is 429 g/mol. The Kier molecular flexibility index (Phi) is 5.94. The molecule has 2 aromatic rings. The van der Waals surface area contributed by atoms with Gasteiger partial charge in [0.1, 0.15) is 0 Å². The van der Waals surface area contributed by atoms with E-state index in [0.29, 0.717) is 32.5 Å². The largest absolute Gasteiger partial charge is 0.396 e. The first-order valence-electron chi connectivity index (χ1n) is 9.58. The smallest absolute Gasteiger partial charge is 0.272 e. The van der Waals surface area contributed by atoms with Crippen molar-refractivity contribution in [2.45, 2.75) is 12.8 Å². The number of benzene rings is 2. The minimum atomic E-state index is -0.355. The third-order valence-electron chi connectivity index (χ3n) is 5.09. The van der Waals surface area contributed by atoms with Crippen LogP contribution in [0.25, 0.3) is 5.57 Å². The molecule has 0 bridgehead atoms. The number of nitrogens with zero attached hydrogens (tertiary/aromatic N) is 2. The van der Waals surface area contributed by atoms with Gasteiger partial charge in [0.25, 0.3) is 11.8 Å². The molecule has 0 aromatic heterocycles. The van der Waals surface area contributed by atoms with E-state index < -0.39 is 0 Å². The third kappa shape index (κ3) is 3.92. The van der Waals surface area contributed by atoms with Crippen molar-refractivity contribution in [1.29, 1.82) is 0 Å². The second-order valence-electron chi connectivity index (χ2n) is 6.94. The number of amides is 2. The zero-order valence-electron chi connectivity index (χ0n) is 15.8. The molecular formula is C22H21ClN2O3S. The molecule has 0 aliphatic carbocycles. The lowest BCUT2D eigenvalue weighted by atomic mass is 10.1. The van der Waals surface area contributed by atoms with Crippen LogP contribution in [0.3, 0.4) is 0 Å². The summed E-state index contributed by atoms with van der Waals surface area (Å²) in [7, 11) is 0. The van der Waals surface area contributed by atoms with Crippen LogP contribution in [0.1, 0.15) is 18.4 Å². The molecule has 1 saturated heterocycles. The maximum atomic E-state index is 13.2. The van der Waals surface area contributed by atoms with Gasteiger partial charge < -0.3 is 10.0 Å². The number of hydrogen-bond donors (Lipinski definition) is 1. The molecule has 0 radical (unpaired) electrons. The summed E-state index contributed by atoms with van der Waals surface area (Å²) in [5.74, 6) is -0.369. The zero-order chi connectivity index (χ0) is 20.4. The zero-order valence-corrected chi connectivity index (χ0v) is 17.4. The van der Waals surface area contributed by atoms with Crippen LogP contribution in [-0.2, 0) is 9.59 Å². The molecule has 0 saturated carbocycles. The summed E-state index contributed by atoms with van der Waals surface area (Å²) in [6.07, 6.45) is 2.37. The highest BCUT2D eigenvalue weighted by Crippen LogP contribution is 2.39. The van der Waals surface area contributed by atoms with E-state index in [-0.39, 0.29) is 18.4 Å². The van der Waals surface area contributed by atoms with E-state index >= 15 is 0 Å². The van der Waals surface area contributed by atoms with Gasteiger partial charge in [-0.1, -0.05) is 23.7 Å². The molecule has 0 unspecified atom stereocenters. The number of thioether (sulfide) groups is 1. The maximum absolute atomic E-state index is 13.2. The molecule has 2 amide bonds. The quantitative estimate of drug-likeness (QED) is 0.706. The molecule has 4 rings (SSSR count). The SMILES string of the molecule is O=C1C(SCCO)=C(c2ccc(Cl)cc2)C(=O)N1c1ccc(N2CCCC2)cc1. The number of hydrogen-bond acceptors (Lipinski definition) is 5. The normalized spacial score (nSPS) is 17.0. The Bertz CT molecular complexity index is 951. The Labute approximate surface area is 178 Å². The average Bonchev–Trinajstić information content (AvgIpc) is 3.34. The number of carbonyl (C=O) groups is 2. The van der Waals surface area contributed by atoms with Gasteiger partial charge in [0.2, 0.25) is 0 Å². The van der Waals surface area contributed by atoms with E-state index in [4.69, 9.17) is 11.6 Å². The fourth-order valence-corrected chi connectivity index (χ4v) is 4.67.